The highest BCUT2D eigenvalue weighted by Crippen LogP contribution is 2.36. The number of amides is 1. The van der Waals surface area contributed by atoms with Gasteiger partial charge in [-0.1, -0.05) is 26.0 Å². The molecule has 0 bridgehead atoms. The van der Waals surface area contributed by atoms with E-state index >= 15 is 0 Å². The Hall–Kier alpha value is -3.80. The third-order valence-corrected chi connectivity index (χ3v) is 5.38. The monoisotopic (exact) mass is 445 g/mol. The fourth-order valence-corrected chi connectivity index (χ4v) is 3.78. The van der Waals surface area contributed by atoms with Crippen molar-refractivity contribution in [1.82, 2.24) is 9.97 Å². The van der Waals surface area contributed by atoms with E-state index in [0.717, 1.165) is 51.9 Å². The van der Waals surface area contributed by atoms with Crippen LogP contribution in [0.5, 0.6) is 5.75 Å². The predicted octanol–water partition coefficient (Wildman–Crippen LogP) is 6.26. The van der Waals surface area contributed by atoms with Crippen molar-refractivity contribution in [2.24, 2.45) is 0 Å². The molecule has 1 aromatic carbocycles. The van der Waals surface area contributed by atoms with E-state index < -0.39 is 5.95 Å². The van der Waals surface area contributed by atoms with Crippen LogP contribution in [-0.4, -0.2) is 23.0 Å². The number of unbranched alkanes of at least 4 members (excludes halogenated alkanes) is 1. The summed E-state index contributed by atoms with van der Waals surface area (Å²) in [6, 6.07) is 8.77. The standard InChI is InChI=1S/C27H28FN3O2/c1-6-8-9-23(19-10-11-29-25(28)14-19)27-17(3)24(16-30-18(27)4)20-12-21(31-26(32)7-2)15-22(13-20)33-5/h7,9-16H,2,6,8H2,1,3-5H3,(H,31,32)/b23-9-. The van der Waals surface area contributed by atoms with Gasteiger partial charge in [0, 0.05) is 47.0 Å². The van der Waals surface area contributed by atoms with Crippen molar-refractivity contribution >= 4 is 17.2 Å². The Morgan fingerprint density at radius 2 is 2.00 bits per heavy atom. The van der Waals surface area contributed by atoms with E-state index in [4.69, 9.17) is 4.74 Å². The quantitative estimate of drug-likeness (QED) is 0.328. The second-order valence-corrected chi connectivity index (χ2v) is 7.67. The number of nitrogens with one attached hydrogen (secondary N) is 1. The van der Waals surface area contributed by atoms with E-state index in [2.05, 4.69) is 34.9 Å². The van der Waals surface area contributed by atoms with Crippen molar-refractivity contribution in [3.63, 3.8) is 0 Å². The van der Waals surface area contributed by atoms with Crippen LogP contribution in [0.3, 0.4) is 0 Å². The molecule has 0 atom stereocenters. The number of anilines is 1. The molecule has 0 aliphatic heterocycles. The number of rotatable bonds is 8. The third-order valence-electron chi connectivity index (χ3n) is 5.38. The fourth-order valence-electron chi connectivity index (χ4n) is 3.78. The first-order chi connectivity index (χ1) is 15.9. The van der Waals surface area contributed by atoms with Gasteiger partial charge in [-0.15, -0.1) is 0 Å². The van der Waals surface area contributed by atoms with Gasteiger partial charge in [0.25, 0.3) is 0 Å². The molecular formula is C27H28FN3O2. The van der Waals surface area contributed by atoms with Crippen LogP contribution in [0.4, 0.5) is 10.1 Å². The van der Waals surface area contributed by atoms with Crippen molar-refractivity contribution in [2.75, 3.05) is 12.4 Å². The number of aryl methyl sites for hydroxylation is 1. The Kier molecular flexibility index (Phi) is 7.72. The van der Waals surface area contributed by atoms with Gasteiger partial charge in [-0.3, -0.25) is 9.78 Å². The average molecular weight is 446 g/mol. The van der Waals surface area contributed by atoms with Crippen molar-refractivity contribution in [2.45, 2.75) is 33.6 Å². The highest BCUT2D eigenvalue weighted by molar-refractivity contribution is 5.99. The molecule has 6 heteroatoms. The van der Waals surface area contributed by atoms with Crippen LogP contribution < -0.4 is 10.1 Å². The molecule has 170 valence electrons. The number of halogens is 1. The van der Waals surface area contributed by atoms with Crippen LogP contribution in [0.15, 0.2) is 61.5 Å². The van der Waals surface area contributed by atoms with E-state index in [1.54, 1.807) is 13.2 Å². The Balaban J connectivity index is 2.20. The smallest absolute Gasteiger partial charge is 0.247 e. The number of ether oxygens (including phenoxy) is 1. The van der Waals surface area contributed by atoms with E-state index in [9.17, 15) is 9.18 Å². The number of nitrogens with zero attached hydrogens (tertiary/aromatic N) is 2. The summed E-state index contributed by atoms with van der Waals surface area (Å²) in [5.41, 5.74) is 6.79. The predicted molar refractivity (Wildman–Crippen MR) is 131 cm³/mol. The first-order valence-corrected chi connectivity index (χ1v) is 10.8. The maximum atomic E-state index is 14.0. The lowest BCUT2D eigenvalue weighted by Crippen LogP contribution is -2.07. The molecule has 33 heavy (non-hydrogen) atoms. The second kappa shape index (κ2) is 10.7. The van der Waals surface area contributed by atoms with Gasteiger partial charge in [0.1, 0.15) is 5.75 Å². The van der Waals surface area contributed by atoms with Crippen LogP contribution >= 0.6 is 0 Å². The SMILES string of the molecule is C=CC(=O)Nc1cc(OC)cc(-c2cnc(C)c(/C(=C\CCC)c3ccnc(F)c3)c2C)c1. The number of methoxy groups -OCH3 is 1. The lowest BCUT2D eigenvalue weighted by atomic mass is 9.89. The maximum absolute atomic E-state index is 14.0. The number of aromatic nitrogens is 2. The average Bonchev–Trinajstić information content (AvgIpc) is 2.80. The normalized spacial score (nSPS) is 11.2. The van der Waals surface area contributed by atoms with Gasteiger partial charge in [-0.2, -0.15) is 4.39 Å². The van der Waals surface area contributed by atoms with Gasteiger partial charge in [0.15, 0.2) is 0 Å². The first kappa shape index (κ1) is 23.9. The highest BCUT2D eigenvalue weighted by atomic mass is 19.1. The zero-order valence-corrected chi connectivity index (χ0v) is 19.4. The summed E-state index contributed by atoms with van der Waals surface area (Å²) < 4.78 is 19.4. The molecular weight excluding hydrogens is 417 g/mol. The Morgan fingerprint density at radius 3 is 2.67 bits per heavy atom. The number of allylic oxidation sites excluding steroid dienone is 1. The van der Waals surface area contributed by atoms with Crippen molar-refractivity contribution < 1.29 is 13.9 Å². The molecule has 3 rings (SSSR count). The zero-order valence-electron chi connectivity index (χ0n) is 19.4. The number of benzene rings is 1. The molecule has 0 unspecified atom stereocenters. The van der Waals surface area contributed by atoms with Crippen molar-refractivity contribution in [3.8, 4) is 16.9 Å². The van der Waals surface area contributed by atoms with Crippen LogP contribution in [0.2, 0.25) is 0 Å². The van der Waals surface area contributed by atoms with Crippen molar-refractivity contribution in [3.05, 3.63) is 89.8 Å². The summed E-state index contributed by atoms with van der Waals surface area (Å²) in [6.07, 6.45) is 8.44. The summed E-state index contributed by atoms with van der Waals surface area (Å²) in [5, 5.41) is 2.79. The summed E-state index contributed by atoms with van der Waals surface area (Å²) in [5.74, 6) is -0.228. The molecule has 1 N–H and O–H groups in total. The molecule has 0 fully saturated rings. The Labute approximate surface area is 194 Å². The zero-order chi connectivity index (χ0) is 24.0. The van der Waals surface area contributed by atoms with Gasteiger partial charge in [0.2, 0.25) is 11.9 Å². The molecule has 0 radical (unpaired) electrons. The van der Waals surface area contributed by atoms with Crippen molar-refractivity contribution in [1.29, 1.82) is 0 Å². The van der Waals surface area contributed by atoms with Gasteiger partial charge >= 0.3 is 0 Å². The lowest BCUT2D eigenvalue weighted by molar-refractivity contribution is -0.111. The van der Waals surface area contributed by atoms with E-state index in [1.807, 2.05) is 38.2 Å². The Bertz CT molecular complexity index is 1220. The minimum Gasteiger partial charge on any atom is -0.497 e. The van der Waals surface area contributed by atoms with Crippen LogP contribution in [-0.2, 0) is 4.79 Å². The Morgan fingerprint density at radius 1 is 1.21 bits per heavy atom. The summed E-state index contributed by atoms with van der Waals surface area (Å²) >= 11 is 0. The second-order valence-electron chi connectivity index (χ2n) is 7.67. The van der Waals surface area contributed by atoms with Gasteiger partial charge in [0.05, 0.1) is 7.11 Å². The number of hydrogen-bond donors (Lipinski definition) is 1. The number of carbonyl (C=O) groups excluding carboxylic acids is 1. The molecule has 0 saturated heterocycles. The molecule has 0 spiro atoms. The van der Waals surface area contributed by atoms with E-state index in [0.29, 0.717) is 11.4 Å². The minimum absolute atomic E-state index is 0.307. The summed E-state index contributed by atoms with van der Waals surface area (Å²) in [7, 11) is 1.58. The molecule has 0 aliphatic rings. The van der Waals surface area contributed by atoms with Gasteiger partial charge in [-0.05, 0) is 66.8 Å². The van der Waals surface area contributed by atoms with Crippen LogP contribution in [0, 0.1) is 19.8 Å². The van der Waals surface area contributed by atoms with E-state index in [-0.39, 0.29) is 5.91 Å². The lowest BCUT2D eigenvalue weighted by Gasteiger charge is -2.18. The summed E-state index contributed by atoms with van der Waals surface area (Å²) in [4.78, 5) is 20.2. The molecule has 1 amide bonds. The molecule has 0 aliphatic carbocycles. The van der Waals surface area contributed by atoms with E-state index in [1.165, 1.54) is 18.3 Å². The number of carbonyl (C=O) groups is 1. The first-order valence-electron chi connectivity index (χ1n) is 10.8. The minimum atomic E-state index is -0.523. The molecule has 5 nitrogen and oxygen atoms in total. The molecule has 0 saturated carbocycles. The van der Waals surface area contributed by atoms with Crippen LogP contribution in [0.25, 0.3) is 16.7 Å². The van der Waals surface area contributed by atoms with Gasteiger partial charge < -0.3 is 10.1 Å². The number of pyridine rings is 2. The third kappa shape index (κ3) is 5.52. The number of hydrogen-bond acceptors (Lipinski definition) is 4. The van der Waals surface area contributed by atoms with Gasteiger partial charge in [-0.25, -0.2) is 4.98 Å². The van der Waals surface area contributed by atoms with Crippen LogP contribution in [0.1, 0.15) is 42.1 Å². The molecule has 2 aromatic heterocycles. The molecule has 2 heterocycles. The fraction of sp³-hybridized carbons (Fsp3) is 0.222. The summed E-state index contributed by atoms with van der Waals surface area (Å²) in [6.45, 7) is 9.58. The topological polar surface area (TPSA) is 64.1 Å². The molecule has 3 aromatic rings. The highest BCUT2D eigenvalue weighted by Gasteiger charge is 2.17. The largest absolute Gasteiger partial charge is 0.497 e. The maximum Gasteiger partial charge on any atom is 0.247 e.